The fraction of sp³-hybridized carbons (Fsp3) is 0.816. The number of nitrogens with two attached hydrogens (primary N) is 1. The minimum absolute atomic E-state index is 0.0230. The SMILES string of the molecule is CCCCC[C@H](O)/C=C/[C@@H]1[C@H](O)[C@H](O)[C@H]2COP(=O)(O)OP(=O)(O)OC[C@H](OC(=O)CCCCCCCCCCCCCC(C)C)COC(=O)CCCCC(=O)C[C@H]([C@H](n3ccc(N)nc3=O)O2)[C@@H](O)C[C@H]1O. The molecule has 12 atom stereocenters. The number of aliphatic hydroxyl groups excluding tert-OH is 5. The van der Waals surface area contributed by atoms with Crippen LogP contribution in [-0.2, 0) is 51.1 Å². The third-order valence-electron chi connectivity index (χ3n) is 13.0. The molecule has 2 bridgehead atoms. The number of phosphoric acid groups is 2. The predicted octanol–water partition coefficient (Wildman–Crippen LogP) is 6.25. The van der Waals surface area contributed by atoms with Crippen LogP contribution in [0.2, 0.25) is 0 Å². The highest BCUT2D eigenvalue weighted by atomic mass is 31.3. The summed E-state index contributed by atoms with van der Waals surface area (Å²) in [7, 11) is -11.4. The lowest BCUT2D eigenvalue weighted by Crippen LogP contribution is -2.52. The van der Waals surface area contributed by atoms with Gasteiger partial charge in [0.2, 0.25) is 0 Å². The molecule has 2 aliphatic rings. The molecule has 1 aromatic heterocycles. The Labute approximate surface area is 429 Å². The molecule has 1 aromatic rings. The number of rotatable bonds is 22. The number of anilines is 1. The van der Waals surface area contributed by atoms with Gasteiger partial charge in [-0.15, -0.1) is 0 Å². The summed E-state index contributed by atoms with van der Waals surface area (Å²) in [5.74, 6) is -4.44. The second-order valence-corrected chi connectivity index (χ2v) is 22.9. The van der Waals surface area contributed by atoms with Crippen LogP contribution < -0.4 is 11.4 Å². The molecule has 22 nitrogen and oxygen atoms in total. The van der Waals surface area contributed by atoms with Crippen LogP contribution in [0, 0.1) is 17.8 Å². The molecule has 2 saturated heterocycles. The molecule has 0 saturated carbocycles. The van der Waals surface area contributed by atoms with Crippen molar-refractivity contribution in [3.63, 3.8) is 0 Å². The zero-order chi connectivity index (χ0) is 54.0. The third kappa shape index (κ3) is 25.6. The smallest absolute Gasteiger partial charge is 0.462 e. The van der Waals surface area contributed by atoms with Crippen LogP contribution in [0.3, 0.4) is 0 Å². The van der Waals surface area contributed by atoms with E-state index in [9.17, 15) is 63.6 Å². The summed E-state index contributed by atoms with van der Waals surface area (Å²) >= 11 is 0. The zero-order valence-electron chi connectivity index (χ0n) is 42.9. The van der Waals surface area contributed by atoms with Crippen molar-refractivity contribution in [1.82, 2.24) is 9.55 Å². The van der Waals surface area contributed by atoms with Crippen molar-refractivity contribution in [2.24, 2.45) is 17.8 Å². The van der Waals surface area contributed by atoms with Crippen molar-refractivity contribution >= 4 is 39.2 Å². The van der Waals surface area contributed by atoms with Gasteiger partial charge < -0.3 is 55.3 Å². The number of hydrogen-bond acceptors (Lipinski definition) is 19. The molecule has 0 radical (unpaired) electrons. The number of carbonyl (C=O) groups is 3. The number of Topliss-reactive ketones (excluding diaryl/α,β-unsaturated/α-hetero) is 1. The van der Waals surface area contributed by atoms with Gasteiger partial charge in [-0.1, -0.05) is 123 Å². The number of phosphoric ester groups is 2. The number of unbranched alkanes of at least 4 members (excludes halogenated alkanes) is 12. The Balaban J connectivity index is 1.84. The number of hydrogen-bond donors (Lipinski definition) is 8. The third-order valence-corrected chi connectivity index (χ3v) is 15.6. The van der Waals surface area contributed by atoms with E-state index in [1.807, 2.05) is 6.92 Å². The Kier molecular flexibility index (Phi) is 29.9. The molecule has 2 unspecified atom stereocenters. The average Bonchev–Trinajstić information content (AvgIpc) is 3.31. The fourth-order valence-corrected chi connectivity index (χ4v) is 10.9. The molecule has 73 heavy (non-hydrogen) atoms. The first-order valence-corrected chi connectivity index (χ1v) is 29.2. The molecule has 3 heterocycles. The molecule has 9 N–H and O–H groups in total. The van der Waals surface area contributed by atoms with Crippen LogP contribution in [-0.4, -0.2) is 125 Å². The van der Waals surface area contributed by atoms with E-state index in [1.165, 1.54) is 56.7 Å². The van der Waals surface area contributed by atoms with Gasteiger partial charge in [-0.3, -0.25) is 28.0 Å². The van der Waals surface area contributed by atoms with Gasteiger partial charge in [0.05, 0.1) is 37.6 Å². The largest absolute Gasteiger partial charge is 0.481 e. The number of ether oxygens (including phenoxy) is 3. The van der Waals surface area contributed by atoms with Gasteiger partial charge in [-0.05, 0) is 37.7 Å². The monoisotopic (exact) mass is 1080 g/mol. The average molecular weight is 1080 g/mol. The van der Waals surface area contributed by atoms with E-state index >= 15 is 0 Å². The topological polar surface area (TPSA) is 343 Å². The van der Waals surface area contributed by atoms with Gasteiger partial charge in [0.15, 0.2) is 6.10 Å². The van der Waals surface area contributed by atoms with Crippen LogP contribution in [0.5, 0.6) is 0 Å². The molecular formula is C49H85N3O19P2. The highest BCUT2D eigenvalue weighted by Gasteiger charge is 2.45. The Hall–Kier alpha value is -2.95. The Morgan fingerprint density at radius 3 is 2.07 bits per heavy atom. The molecule has 2 fully saturated rings. The van der Waals surface area contributed by atoms with E-state index < -0.39 is 133 Å². The van der Waals surface area contributed by atoms with Gasteiger partial charge in [-0.2, -0.15) is 9.29 Å². The number of aliphatic hydroxyl groups is 5. The number of aromatic nitrogens is 2. The number of carbonyl (C=O) groups excluding carboxylic acids is 3. The van der Waals surface area contributed by atoms with Crippen LogP contribution >= 0.6 is 15.6 Å². The fourth-order valence-electron chi connectivity index (χ4n) is 8.78. The first-order valence-electron chi connectivity index (χ1n) is 26.2. The molecular weight excluding hydrogens is 996 g/mol. The van der Waals surface area contributed by atoms with Gasteiger partial charge in [0.25, 0.3) is 0 Å². The quantitative estimate of drug-likeness (QED) is 0.0275. The number of nitrogens with zero attached hydrogens (tertiary/aromatic N) is 2. The Bertz CT molecular complexity index is 1970. The molecule has 0 spiro atoms. The maximum Gasteiger partial charge on any atom is 0.481 e. The minimum atomic E-state index is -5.76. The number of esters is 2. The van der Waals surface area contributed by atoms with Gasteiger partial charge >= 0.3 is 33.3 Å². The lowest BCUT2D eigenvalue weighted by Gasteiger charge is -2.40. The summed E-state index contributed by atoms with van der Waals surface area (Å²) in [6.07, 6.45) is 3.83. The second kappa shape index (κ2) is 33.9. The maximum atomic E-state index is 13.7. The minimum Gasteiger partial charge on any atom is -0.462 e. The lowest BCUT2D eigenvalue weighted by atomic mass is 9.82. The highest BCUT2D eigenvalue weighted by molar-refractivity contribution is 7.61. The summed E-state index contributed by atoms with van der Waals surface area (Å²) in [6, 6.07) is 1.18. The first kappa shape index (κ1) is 64.3. The molecule has 0 amide bonds. The van der Waals surface area contributed by atoms with E-state index in [-0.39, 0.29) is 37.9 Å². The summed E-state index contributed by atoms with van der Waals surface area (Å²) in [4.78, 5) is 77.9. The number of nitrogen functional groups attached to an aromatic ring is 1. The number of fused-ring (bicyclic) bond motifs is 3. The summed E-state index contributed by atoms with van der Waals surface area (Å²) in [6.45, 7) is 3.58. The summed E-state index contributed by atoms with van der Waals surface area (Å²) in [5, 5.41) is 57.5. The van der Waals surface area contributed by atoms with E-state index in [4.69, 9.17) is 29.0 Å². The Morgan fingerprint density at radius 2 is 1.44 bits per heavy atom. The number of cyclic esters (lactones) is 1. The molecule has 0 aliphatic carbocycles. The van der Waals surface area contributed by atoms with Crippen molar-refractivity contribution in [3.05, 3.63) is 34.9 Å². The van der Waals surface area contributed by atoms with E-state index in [0.717, 1.165) is 61.6 Å². The van der Waals surface area contributed by atoms with Crippen molar-refractivity contribution in [3.8, 4) is 0 Å². The normalized spacial score (nSPS) is 30.4. The summed E-state index contributed by atoms with van der Waals surface area (Å²) in [5.41, 5.74) is 4.67. The van der Waals surface area contributed by atoms with Gasteiger partial charge in [0.1, 0.15) is 36.6 Å². The first-order chi connectivity index (χ1) is 34.6. The van der Waals surface area contributed by atoms with Crippen LogP contribution in [0.1, 0.15) is 175 Å². The molecule has 24 heteroatoms. The summed E-state index contributed by atoms with van der Waals surface area (Å²) < 4.78 is 58.8. The standard InChI is InChI=1S/C49H85N3O19P2/c1-4-5-15-21-35(53)25-26-38-40(55)30-41(56)39-29-36(54)22-18-19-23-44(57)66-31-37(69-45(58)24-17-14-12-10-8-6-7-9-11-13-16-20-34(2)3)32-67-72(62,63)71-73(64,65)68-33-42(47(60)46(38)59)70-48(39)52-28-27-43(50)51-49(52)61/h25-28,34-35,37-42,46-48,53,55-56,59-60H,4-24,29-33H2,1-3H3,(H,62,63)(H,64,65)(H2,50,51,61)/b26-25+/t35-,37+,38-,39-,40+,41-,42+,46-,47+,48+/m0/s1. The van der Waals surface area contributed by atoms with Crippen molar-refractivity contribution in [2.45, 2.75) is 217 Å². The molecule has 2 aliphatic heterocycles. The number of ketones is 1. The van der Waals surface area contributed by atoms with Crippen molar-refractivity contribution < 1.29 is 86.4 Å². The second-order valence-electron chi connectivity index (χ2n) is 19.8. The lowest BCUT2D eigenvalue weighted by molar-refractivity contribution is -0.196. The predicted molar refractivity (Wildman–Crippen MR) is 268 cm³/mol. The van der Waals surface area contributed by atoms with Crippen LogP contribution in [0.4, 0.5) is 5.82 Å². The maximum absolute atomic E-state index is 13.7. The van der Waals surface area contributed by atoms with Crippen molar-refractivity contribution in [2.75, 3.05) is 25.6 Å². The van der Waals surface area contributed by atoms with Gasteiger partial charge in [0, 0.05) is 50.1 Å². The molecule has 420 valence electrons. The molecule has 3 rings (SSSR count). The van der Waals surface area contributed by atoms with E-state index in [1.54, 1.807) is 0 Å². The Morgan fingerprint density at radius 1 is 0.836 bits per heavy atom. The highest BCUT2D eigenvalue weighted by Crippen LogP contribution is 2.60. The van der Waals surface area contributed by atoms with Crippen LogP contribution in [0.25, 0.3) is 0 Å². The van der Waals surface area contributed by atoms with Crippen molar-refractivity contribution in [1.29, 1.82) is 0 Å². The van der Waals surface area contributed by atoms with E-state index in [0.29, 0.717) is 19.3 Å². The zero-order valence-corrected chi connectivity index (χ0v) is 44.7. The van der Waals surface area contributed by atoms with Crippen LogP contribution in [0.15, 0.2) is 29.2 Å². The van der Waals surface area contributed by atoms with E-state index in [2.05, 4.69) is 23.1 Å². The van der Waals surface area contributed by atoms with Gasteiger partial charge in [-0.25, -0.2) is 13.9 Å². The molecule has 0 aromatic carbocycles.